The van der Waals surface area contributed by atoms with Crippen molar-refractivity contribution in [2.45, 2.75) is 39.8 Å². The number of carbonyl (C=O) groups is 1. The van der Waals surface area contributed by atoms with Gasteiger partial charge in [-0.25, -0.2) is 4.39 Å². The van der Waals surface area contributed by atoms with Crippen LogP contribution in [-0.2, 0) is 11.3 Å². The number of carbonyl (C=O) groups excluding carboxylic acids is 1. The molecule has 0 atom stereocenters. The van der Waals surface area contributed by atoms with Gasteiger partial charge in [-0.15, -0.1) is 0 Å². The van der Waals surface area contributed by atoms with Crippen molar-refractivity contribution in [3.63, 3.8) is 0 Å². The maximum absolute atomic E-state index is 13.3. The Hall–Kier alpha value is -1.42. The molecule has 0 fully saturated rings. The molecule has 0 bridgehead atoms. The van der Waals surface area contributed by atoms with Crippen molar-refractivity contribution in [1.82, 2.24) is 10.6 Å². The highest BCUT2D eigenvalue weighted by molar-refractivity contribution is 5.78. The molecule has 0 spiro atoms. The Bertz CT molecular complexity index is 424. The Morgan fingerprint density at radius 1 is 1.33 bits per heavy atom. The molecule has 0 unspecified atom stereocenters. The summed E-state index contributed by atoms with van der Waals surface area (Å²) in [5.74, 6) is -0.333. The maximum atomic E-state index is 13.3. The van der Waals surface area contributed by atoms with Crippen LogP contribution in [-0.4, -0.2) is 18.0 Å². The molecule has 0 aliphatic carbocycles. The number of aryl methyl sites for hydroxylation is 1. The van der Waals surface area contributed by atoms with Crippen LogP contribution in [0, 0.1) is 12.7 Å². The SMILES string of the molecule is Cc1ccc(CNC(=O)CNC(C)(C)C)cc1F. The zero-order chi connectivity index (χ0) is 13.8. The Kier molecular flexibility index (Phi) is 4.84. The zero-order valence-corrected chi connectivity index (χ0v) is 11.4. The van der Waals surface area contributed by atoms with Gasteiger partial charge < -0.3 is 10.6 Å². The average molecular weight is 252 g/mol. The number of hydrogen-bond donors (Lipinski definition) is 2. The summed E-state index contributed by atoms with van der Waals surface area (Å²) in [5.41, 5.74) is 1.29. The van der Waals surface area contributed by atoms with Gasteiger partial charge in [-0.05, 0) is 44.9 Å². The second-order valence-corrected chi connectivity index (χ2v) is 5.46. The molecule has 1 aromatic carbocycles. The first kappa shape index (κ1) is 14.6. The lowest BCUT2D eigenvalue weighted by Crippen LogP contribution is -2.43. The van der Waals surface area contributed by atoms with Gasteiger partial charge >= 0.3 is 0 Å². The van der Waals surface area contributed by atoms with E-state index in [0.29, 0.717) is 12.1 Å². The molecule has 4 heteroatoms. The number of hydrogen-bond acceptors (Lipinski definition) is 2. The molecule has 1 aromatic rings. The van der Waals surface area contributed by atoms with Gasteiger partial charge in [0.05, 0.1) is 6.54 Å². The summed E-state index contributed by atoms with van der Waals surface area (Å²) in [6, 6.07) is 4.98. The van der Waals surface area contributed by atoms with Crippen LogP contribution < -0.4 is 10.6 Å². The lowest BCUT2D eigenvalue weighted by Gasteiger charge is -2.20. The molecule has 100 valence electrons. The van der Waals surface area contributed by atoms with Crippen molar-refractivity contribution in [1.29, 1.82) is 0 Å². The van der Waals surface area contributed by atoms with E-state index < -0.39 is 0 Å². The summed E-state index contributed by atoms with van der Waals surface area (Å²) in [7, 11) is 0. The minimum Gasteiger partial charge on any atom is -0.351 e. The van der Waals surface area contributed by atoms with Crippen LogP contribution in [0.25, 0.3) is 0 Å². The van der Waals surface area contributed by atoms with Crippen LogP contribution >= 0.6 is 0 Å². The fourth-order valence-corrected chi connectivity index (χ4v) is 1.35. The van der Waals surface area contributed by atoms with E-state index in [1.807, 2.05) is 26.8 Å². The molecular formula is C14H21FN2O. The molecule has 0 heterocycles. The third-order valence-corrected chi connectivity index (χ3v) is 2.51. The quantitative estimate of drug-likeness (QED) is 0.862. The summed E-state index contributed by atoms with van der Waals surface area (Å²) in [6.45, 7) is 8.31. The predicted octanol–water partition coefficient (Wildman–Crippen LogP) is 2.14. The molecule has 0 aliphatic heterocycles. The topological polar surface area (TPSA) is 41.1 Å². The molecule has 0 saturated carbocycles. The van der Waals surface area contributed by atoms with E-state index in [1.165, 1.54) is 6.07 Å². The molecular weight excluding hydrogens is 231 g/mol. The average Bonchev–Trinajstić information content (AvgIpc) is 2.27. The first-order valence-electron chi connectivity index (χ1n) is 6.05. The molecule has 1 rings (SSSR count). The Morgan fingerprint density at radius 2 is 2.00 bits per heavy atom. The largest absolute Gasteiger partial charge is 0.351 e. The van der Waals surface area contributed by atoms with Crippen LogP contribution in [0.15, 0.2) is 18.2 Å². The second kappa shape index (κ2) is 5.96. The molecule has 18 heavy (non-hydrogen) atoms. The molecule has 0 aliphatic rings. The number of amides is 1. The predicted molar refractivity (Wildman–Crippen MR) is 70.7 cm³/mol. The summed E-state index contributed by atoms with van der Waals surface area (Å²) < 4.78 is 13.3. The van der Waals surface area contributed by atoms with Gasteiger partial charge in [0.1, 0.15) is 5.82 Å². The summed E-state index contributed by atoms with van der Waals surface area (Å²) in [4.78, 5) is 11.5. The lowest BCUT2D eigenvalue weighted by molar-refractivity contribution is -0.120. The highest BCUT2D eigenvalue weighted by Gasteiger charge is 2.11. The van der Waals surface area contributed by atoms with Gasteiger partial charge in [-0.1, -0.05) is 12.1 Å². The number of nitrogens with one attached hydrogen (secondary N) is 2. The molecule has 0 saturated heterocycles. The standard InChI is InChI=1S/C14H21FN2O/c1-10-5-6-11(7-12(10)15)8-16-13(18)9-17-14(2,3)4/h5-7,17H,8-9H2,1-4H3,(H,16,18). The molecule has 3 nitrogen and oxygen atoms in total. The van der Waals surface area contributed by atoms with Crippen molar-refractivity contribution in [2.75, 3.05) is 6.54 Å². The Balaban J connectivity index is 2.40. The fourth-order valence-electron chi connectivity index (χ4n) is 1.35. The van der Waals surface area contributed by atoms with Crippen LogP contribution in [0.2, 0.25) is 0 Å². The van der Waals surface area contributed by atoms with Crippen LogP contribution in [0.1, 0.15) is 31.9 Å². The van der Waals surface area contributed by atoms with Gasteiger partial charge in [0.2, 0.25) is 5.91 Å². The molecule has 0 radical (unpaired) electrons. The third kappa shape index (κ3) is 5.27. The normalized spacial score (nSPS) is 11.4. The number of rotatable bonds is 4. The smallest absolute Gasteiger partial charge is 0.234 e. The van der Waals surface area contributed by atoms with Crippen molar-refractivity contribution >= 4 is 5.91 Å². The number of benzene rings is 1. The molecule has 0 aromatic heterocycles. The van der Waals surface area contributed by atoms with Crippen molar-refractivity contribution in [3.05, 3.63) is 35.1 Å². The van der Waals surface area contributed by atoms with E-state index in [2.05, 4.69) is 10.6 Å². The first-order valence-corrected chi connectivity index (χ1v) is 6.05. The first-order chi connectivity index (χ1) is 8.28. The van der Waals surface area contributed by atoms with Gasteiger partial charge in [-0.3, -0.25) is 4.79 Å². The summed E-state index contributed by atoms with van der Waals surface area (Å²) >= 11 is 0. The van der Waals surface area contributed by atoms with Crippen LogP contribution in [0.3, 0.4) is 0 Å². The highest BCUT2D eigenvalue weighted by Crippen LogP contribution is 2.08. The van der Waals surface area contributed by atoms with Crippen molar-refractivity contribution in [2.24, 2.45) is 0 Å². The number of halogens is 1. The molecule has 2 N–H and O–H groups in total. The summed E-state index contributed by atoms with van der Waals surface area (Å²) in [5, 5.41) is 5.84. The van der Waals surface area contributed by atoms with Gasteiger partial charge in [0.15, 0.2) is 0 Å². The minimum absolute atomic E-state index is 0.0900. The Labute approximate surface area is 108 Å². The summed E-state index contributed by atoms with van der Waals surface area (Å²) in [6.07, 6.45) is 0. The van der Waals surface area contributed by atoms with Gasteiger partial charge in [0, 0.05) is 12.1 Å². The fraction of sp³-hybridized carbons (Fsp3) is 0.500. The van der Waals surface area contributed by atoms with Gasteiger partial charge in [-0.2, -0.15) is 0 Å². The van der Waals surface area contributed by atoms with Crippen LogP contribution in [0.5, 0.6) is 0 Å². The second-order valence-electron chi connectivity index (χ2n) is 5.46. The van der Waals surface area contributed by atoms with Crippen molar-refractivity contribution < 1.29 is 9.18 Å². The van der Waals surface area contributed by atoms with Crippen LogP contribution in [0.4, 0.5) is 4.39 Å². The third-order valence-electron chi connectivity index (χ3n) is 2.51. The van der Waals surface area contributed by atoms with E-state index in [4.69, 9.17) is 0 Å². The van der Waals surface area contributed by atoms with E-state index in [9.17, 15) is 9.18 Å². The van der Waals surface area contributed by atoms with E-state index >= 15 is 0 Å². The van der Waals surface area contributed by atoms with Crippen molar-refractivity contribution in [3.8, 4) is 0 Å². The Morgan fingerprint density at radius 3 is 2.56 bits per heavy atom. The van der Waals surface area contributed by atoms with E-state index in [0.717, 1.165) is 5.56 Å². The molecule has 1 amide bonds. The van der Waals surface area contributed by atoms with E-state index in [1.54, 1.807) is 13.0 Å². The maximum Gasteiger partial charge on any atom is 0.234 e. The lowest BCUT2D eigenvalue weighted by atomic mass is 10.1. The monoisotopic (exact) mass is 252 g/mol. The minimum atomic E-state index is -0.241. The zero-order valence-electron chi connectivity index (χ0n) is 11.4. The highest BCUT2D eigenvalue weighted by atomic mass is 19.1. The van der Waals surface area contributed by atoms with Gasteiger partial charge in [0.25, 0.3) is 0 Å². The van der Waals surface area contributed by atoms with E-state index in [-0.39, 0.29) is 23.8 Å².